The van der Waals surface area contributed by atoms with E-state index in [1.165, 1.54) is 11.3 Å². The van der Waals surface area contributed by atoms with Crippen LogP contribution in [-0.4, -0.2) is 18.5 Å². The number of carbonyl (C=O) groups is 2. The van der Waals surface area contributed by atoms with Gasteiger partial charge in [0.2, 0.25) is 5.91 Å². The highest BCUT2D eigenvalue weighted by Gasteiger charge is 2.23. The van der Waals surface area contributed by atoms with Gasteiger partial charge in [0.05, 0.1) is 13.0 Å². The molecule has 1 amide bonds. The first-order valence-corrected chi connectivity index (χ1v) is 10.7. The van der Waals surface area contributed by atoms with E-state index in [1.807, 2.05) is 78.2 Å². The van der Waals surface area contributed by atoms with E-state index in [9.17, 15) is 9.59 Å². The third kappa shape index (κ3) is 4.11. The van der Waals surface area contributed by atoms with Crippen LogP contribution < -0.4 is 5.32 Å². The lowest BCUT2D eigenvalue weighted by Crippen LogP contribution is -2.16. The normalized spacial score (nSPS) is 10.7. The van der Waals surface area contributed by atoms with Crippen molar-refractivity contribution in [2.45, 2.75) is 13.3 Å². The van der Waals surface area contributed by atoms with E-state index in [0.29, 0.717) is 10.6 Å². The molecule has 0 aliphatic carbocycles. The third-order valence-electron chi connectivity index (χ3n) is 4.84. The molecule has 0 saturated heterocycles. The fourth-order valence-corrected chi connectivity index (χ4v) is 4.45. The van der Waals surface area contributed by atoms with E-state index in [-0.39, 0.29) is 18.9 Å². The van der Waals surface area contributed by atoms with Crippen LogP contribution >= 0.6 is 11.3 Å². The zero-order valence-corrected chi connectivity index (χ0v) is 17.4. The molecule has 0 radical (unpaired) electrons. The number of rotatable bonds is 6. The van der Waals surface area contributed by atoms with Crippen molar-refractivity contribution in [3.05, 3.63) is 89.3 Å². The Morgan fingerprint density at radius 3 is 2.47 bits per heavy atom. The molecule has 0 atom stereocenters. The molecule has 4 nitrogen and oxygen atoms in total. The van der Waals surface area contributed by atoms with Gasteiger partial charge in [0.1, 0.15) is 10.6 Å². The van der Waals surface area contributed by atoms with Gasteiger partial charge in [-0.05, 0) is 28.8 Å². The second-order valence-electron chi connectivity index (χ2n) is 6.80. The first kappa shape index (κ1) is 19.9. The molecule has 0 unspecified atom stereocenters. The highest BCUT2D eigenvalue weighted by atomic mass is 32.1. The molecule has 0 aliphatic rings. The van der Waals surface area contributed by atoms with E-state index in [1.54, 1.807) is 6.92 Å². The first-order chi connectivity index (χ1) is 14.7. The zero-order chi connectivity index (χ0) is 20.9. The summed E-state index contributed by atoms with van der Waals surface area (Å²) in [5.74, 6) is -0.601. The second kappa shape index (κ2) is 8.93. The Morgan fingerprint density at radius 1 is 0.933 bits per heavy atom. The molecule has 1 heterocycles. The molecule has 0 bridgehead atoms. The fourth-order valence-electron chi connectivity index (χ4n) is 3.48. The van der Waals surface area contributed by atoms with E-state index >= 15 is 0 Å². The minimum atomic E-state index is -0.432. The lowest BCUT2D eigenvalue weighted by atomic mass is 10.0. The lowest BCUT2D eigenvalue weighted by molar-refractivity contribution is -0.115. The molecule has 0 saturated carbocycles. The van der Waals surface area contributed by atoms with Crippen molar-refractivity contribution in [2.75, 3.05) is 11.9 Å². The van der Waals surface area contributed by atoms with Crippen LogP contribution in [-0.2, 0) is 16.0 Å². The quantitative estimate of drug-likeness (QED) is 0.397. The van der Waals surface area contributed by atoms with Crippen LogP contribution in [0.25, 0.3) is 21.9 Å². The van der Waals surface area contributed by atoms with Gasteiger partial charge in [0, 0.05) is 10.9 Å². The van der Waals surface area contributed by atoms with Crippen molar-refractivity contribution in [3.63, 3.8) is 0 Å². The fraction of sp³-hybridized carbons (Fsp3) is 0.120. The highest BCUT2D eigenvalue weighted by molar-refractivity contribution is 7.15. The summed E-state index contributed by atoms with van der Waals surface area (Å²) in [6.45, 7) is 2.04. The summed E-state index contributed by atoms with van der Waals surface area (Å²) in [6, 6.07) is 23.6. The molecule has 0 spiro atoms. The number of ether oxygens (including phenoxy) is 1. The predicted molar refractivity (Wildman–Crippen MR) is 122 cm³/mol. The molecule has 5 heteroatoms. The number of hydrogen-bond acceptors (Lipinski definition) is 4. The second-order valence-corrected chi connectivity index (χ2v) is 7.68. The van der Waals surface area contributed by atoms with Gasteiger partial charge in [0.25, 0.3) is 0 Å². The van der Waals surface area contributed by atoms with Gasteiger partial charge in [-0.3, -0.25) is 4.79 Å². The summed E-state index contributed by atoms with van der Waals surface area (Å²) in [5, 5.41) is 7.48. The van der Waals surface area contributed by atoms with Gasteiger partial charge in [-0.1, -0.05) is 72.8 Å². The Kier molecular flexibility index (Phi) is 5.91. The largest absolute Gasteiger partial charge is 0.462 e. The van der Waals surface area contributed by atoms with Gasteiger partial charge in [0.15, 0.2) is 0 Å². The van der Waals surface area contributed by atoms with Gasteiger partial charge in [-0.2, -0.15) is 0 Å². The summed E-state index contributed by atoms with van der Waals surface area (Å²) in [6.07, 6.45) is 0.224. The van der Waals surface area contributed by atoms with Crippen molar-refractivity contribution in [1.29, 1.82) is 0 Å². The summed E-state index contributed by atoms with van der Waals surface area (Å²) in [7, 11) is 0. The monoisotopic (exact) mass is 415 g/mol. The zero-order valence-electron chi connectivity index (χ0n) is 16.6. The number of anilines is 1. The Balaban J connectivity index is 1.63. The van der Waals surface area contributed by atoms with Gasteiger partial charge >= 0.3 is 5.97 Å². The van der Waals surface area contributed by atoms with E-state index < -0.39 is 5.97 Å². The highest BCUT2D eigenvalue weighted by Crippen LogP contribution is 2.36. The van der Waals surface area contributed by atoms with Crippen LogP contribution in [0, 0.1) is 0 Å². The molecule has 1 N–H and O–H groups in total. The number of benzene rings is 3. The molecule has 4 rings (SSSR count). The number of hydrogen-bond donors (Lipinski definition) is 1. The maximum absolute atomic E-state index is 12.8. The van der Waals surface area contributed by atoms with Gasteiger partial charge in [-0.25, -0.2) is 4.79 Å². The molecular weight excluding hydrogens is 394 g/mol. The molecule has 4 aromatic rings. The van der Waals surface area contributed by atoms with Gasteiger partial charge in [-0.15, -0.1) is 11.3 Å². The molecule has 0 fully saturated rings. The standard InChI is InChI=1S/C25H21NO3S/c1-2-29-25(28)23-21(18-9-4-3-5-10-18)16-30-24(23)26-22(27)15-19-13-8-12-17-11-6-7-14-20(17)19/h3-14,16H,2,15H2,1H3,(H,26,27). The number of nitrogens with one attached hydrogen (secondary N) is 1. The minimum Gasteiger partial charge on any atom is -0.462 e. The summed E-state index contributed by atoms with van der Waals surface area (Å²) >= 11 is 1.33. The summed E-state index contributed by atoms with van der Waals surface area (Å²) in [4.78, 5) is 25.5. The maximum atomic E-state index is 12.8. The van der Waals surface area contributed by atoms with Crippen molar-refractivity contribution < 1.29 is 14.3 Å². The van der Waals surface area contributed by atoms with Crippen LogP contribution in [0.3, 0.4) is 0 Å². The Morgan fingerprint density at radius 2 is 1.67 bits per heavy atom. The number of fused-ring (bicyclic) bond motifs is 1. The van der Waals surface area contributed by atoms with E-state index in [0.717, 1.165) is 27.5 Å². The number of amides is 1. The Labute approximate surface area is 179 Å². The molecule has 30 heavy (non-hydrogen) atoms. The molecule has 1 aromatic heterocycles. The van der Waals surface area contributed by atoms with Crippen LogP contribution in [0.2, 0.25) is 0 Å². The Bertz CT molecular complexity index is 1190. The number of thiophene rings is 1. The molecular formula is C25H21NO3S. The third-order valence-corrected chi connectivity index (χ3v) is 5.73. The average molecular weight is 416 g/mol. The Hall–Kier alpha value is -3.44. The SMILES string of the molecule is CCOC(=O)c1c(-c2ccccc2)csc1NC(=O)Cc1cccc2ccccc12. The van der Waals surface area contributed by atoms with Crippen LogP contribution in [0.5, 0.6) is 0 Å². The molecule has 150 valence electrons. The van der Waals surface area contributed by atoms with Crippen molar-refractivity contribution in [2.24, 2.45) is 0 Å². The van der Waals surface area contributed by atoms with E-state index in [2.05, 4.69) is 5.32 Å². The minimum absolute atomic E-state index is 0.168. The van der Waals surface area contributed by atoms with Gasteiger partial charge < -0.3 is 10.1 Å². The van der Waals surface area contributed by atoms with E-state index in [4.69, 9.17) is 4.74 Å². The van der Waals surface area contributed by atoms with Crippen LogP contribution in [0.4, 0.5) is 5.00 Å². The first-order valence-electron chi connectivity index (χ1n) is 9.78. The van der Waals surface area contributed by atoms with Crippen molar-refractivity contribution in [3.8, 4) is 11.1 Å². The van der Waals surface area contributed by atoms with Crippen molar-refractivity contribution in [1.82, 2.24) is 0 Å². The predicted octanol–water partition coefficient (Wildman–Crippen LogP) is 5.93. The molecule has 3 aromatic carbocycles. The lowest BCUT2D eigenvalue weighted by Gasteiger charge is -2.10. The summed E-state index contributed by atoms with van der Waals surface area (Å²) < 4.78 is 5.26. The molecule has 0 aliphatic heterocycles. The topological polar surface area (TPSA) is 55.4 Å². The number of carbonyl (C=O) groups excluding carboxylic acids is 2. The smallest absolute Gasteiger partial charge is 0.341 e. The summed E-state index contributed by atoms with van der Waals surface area (Å²) in [5.41, 5.74) is 3.02. The number of esters is 1. The maximum Gasteiger partial charge on any atom is 0.341 e. The van der Waals surface area contributed by atoms with Crippen LogP contribution in [0.15, 0.2) is 78.2 Å². The van der Waals surface area contributed by atoms with Crippen molar-refractivity contribution >= 4 is 39.0 Å². The van der Waals surface area contributed by atoms with Crippen LogP contribution in [0.1, 0.15) is 22.8 Å². The average Bonchev–Trinajstić information content (AvgIpc) is 3.18.